The van der Waals surface area contributed by atoms with Crippen LogP contribution < -0.4 is 10.6 Å². The number of carbonyl (C=O) groups excluding carboxylic acids is 2. The Morgan fingerprint density at radius 2 is 1.68 bits per heavy atom. The molecule has 0 radical (unpaired) electrons. The van der Waals surface area contributed by atoms with Crippen molar-refractivity contribution in [3.8, 4) is 5.69 Å². The van der Waals surface area contributed by atoms with Gasteiger partial charge in [-0.1, -0.05) is 23.2 Å². The Bertz CT molecular complexity index is 1040. The van der Waals surface area contributed by atoms with E-state index in [0.717, 1.165) is 5.69 Å². The average Bonchev–Trinajstić information content (AvgIpc) is 3.28. The van der Waals surface area contributed by atoms with Crippen molar-refractivity contribution < 1.29 is 9.59 Å². The first-order chi connectivity index (χ1) is 15.0. The van der Waals surface area contributed by atoms with Crippen LogP contribution in [0.25, 0.3) is 5.69 Å². The average molecular weight is 458 g/mol. The molecule has 0 spiro atoms. The number of hydrogen-bond donors (Lipinski definition) is 2. The van der Waals surface area contributed by atoms with Crippen LogP contribution in [-0.2, 0) is 0 Å². The van der Waals surface area contributed by atoms with Crippen LogP contribution in [0.1, 0.15) is 23.2 Å². The molecule has 9 heteroatoms. The van der Waals surface area contributed by atoms with Crippen LogP contribution >= 0.6 is 23.2 Å². The number of imidazole rings is 1. The number of amides is 3. The zero-order valence-electron chi connectivity index (χ0n) is 16.6. The third-order valence-corrected chi connectivity index (χ3v) is 5.59. The highest BCUT2D eigenvalue weighted by Crippen LogP contribution is 2.22. The summed E-state index contributed by atoms with van der Waals surface area (Å²) in [7, 11) is 0. The number of nitrogens with zero attached hydrogens (tertiary/aromatic N) is 3. The molecule has 4 rings (SSSR count). The minimum Gasteiger partial charge on any atom is -0.338 e. The Hall–Kier alpha value is -3.03. The molecule has 0 unspecified atom stereocenters. The van der Waals surface area contributed by atoms with Gasteiger partial charge in [-0.05, 0) is 55.3 Å². The number of aromatic nitrogens is 2. The van der Waals surface area contributed by atoms with Crippen molar-refractivity contribution in [1.82, 2.24) is 19.8 Å². The van der Waals surface area contributed by atoms with Gasteiger partial charge in [0.25, 0.3) is 5.91 Å². The van der Waals surface area contributed by atoms with Crippen LogP contribution in [0.4, 0.5) is 10.5 Å². The predicted molar refractivity (Wildman–Crippen MR) is 121 cm³/mol. The Labute approximate surface area is 190 Å². The Balaban J connectivity index is 1.28. The van der Waals surface area contributed by atoms with E-state index in [0.29, 0.717) is 47.2 Å². The number of urea groups is 1. The van der Waals surface area contributed by atoms with Crippen LogP contribution in [0.3, 0.4) is 0 Å². The maximum Gasteiger partial charge on any atom is 0.319 e. The second-order valence-corrected chi connectivity index (χ2v) is 8.21. The number of likely N-dealkylation sites (tertiary alicyclic amines) is 1. The van der Waals surface area contributed by atoms with Crippen molar-refractivity contribution in [3.63, 3.8) is 0 Å². The molecule has 1 saturated heterocycles. The van der Waals surface area contributed by atoms with Gasteiger partial charge in [0, 0.05) is 58.5 Å². The molecule has 1 fully saturated rings. The van der Waals surface area contributed by atoms with Crippen molar-refractivity contribution >= 4 is 40.8 Å². The third-order valence-electron chi connectivity index (χ3n) is 5.15. The number of piperidine rings is 1. The quantitative estimate of drug-likeness (QED) is 0.600. The van der Waals surface area contributed by atoms with E-state index in [1.165, 1.54) is 0 Å². The van der Waals surface area contributed by atoms with Gasteiger partial charge in [-0.3, -0.25) is 4.79 Å². The predicted octanol–water partition coefficient (Wildman–Crippen LogP) is 4.61. The number of benzene rings is 2. The summed E-state index contributed by atoms with van der Waals surface area (Å²) in [6, 6.07) is 12.0. The first-order valence-corrected chi connectivity index (χ1v) is 10.6. The van der Waals surface area contributed by atoms with Crippen molar-refractivity contribution in [1.29, 1.82) is 0 Å². The second kappa shape index (κ2) is 9.41. The van der Waals surface area contributed by atoms with Crippen LogP contribution in [-0.4, -0.2) is 45.5 Å². The van der Waals surface area contributed by atoms with E-state index in [2.05, 4.69) is 15.6 Å². The highest BCUT2D eigenvalue weighted by Gasteiger charge is 2.24. The van der Waals surface area contributed by atoms with E-state index in [-0.39, 0.29) is 18.0 Å². The summed E-state index contributed by atoms with van der Waals surface area (Å²) in [5.41, 5.74) is 2.12. The van der Waals surface area contributed by atoms with E-state index in [1.807, 2.05) is 39.9 Å². The summed E-state index contributed by atoms with van der Waals surface area (Å²) in [4.78, 5) is 30.9. The molecule has 3 aromatic rings. The Kier molecular flexibility index (Phi) is 6.44. The maximum atomic E-state index is 12.8. The number of hydrogen-bond acceptors (Lipinski definition) is 3. The van der Waals surface area contributed by atoms with Crippen molar-refractivity contribution in [2.75, 3.05) is 18.4 Å². The maximum absolute atomic E-state index is 12.8. The molecular weight excluding hydrogens is 437 g/mol. The minimum absolute atomic E-state index is 0.00588. The topological polar surface area (TPSA) is 79.3 Å². The lowest BCUT2D eigenvalue weighted by Crippen LogP contribution is -2.47. The molecule has 2 N–H and O–H groups in total. The van der Waals surface area contributed by atoms with Gasteiger partial charge in [0.15, 0.2) is 0 Å². The smallest absolute Gasteiger partial charge is 0.319 e. The molecule has 3 amide bonds. The summed E-state index contributed by atoms with van der Waals surface area (Å²) in [6.45, 7) is 1.16. The summed E-state index contributed by atoms with van der Waals surface area (Å²) in [5, 5.41) is 6.59. The third kappa shape index (κ3) is 5.37. The van der Waals surface area contributed by atoms with Crippen molar-refractivity contribution in [3.05, 3.63) is 76.8 Å². The van der Waals surface area contributed by atoms with Gasteiger partial charge in [0.1, 0.15) is 0 Å². The van der Waals surface area contributed by atoms with Gasteiger partial charge in [-0.2, -0.15) is 0 Å². The number of halogens is 2. The number of carbonyl (C=O) groups is 2. The van der Waals surface area contributed by atoms with Crippen LogP contribution in [0.5, 0.6) is 0 Å². The highest BCUT2D eigenvalue weighted by atomic mass is 35.5. The first kappa shape index (κ1) is 21.2. The van der Waals surface area contributed by atoms with Crippen molar-refractivity contribution in [2.45, 2.75) is 18.9 Å². The lowest BCUT2D eigenvalue weighted by atomic mass is 10.0. The molecule has 0 atom stereocenters. The molecule has 2 heterocycles. The van der Waals surface area contributed by atoms with E-state index < -0.39 is 0 Å². The summed E-state index contributed by atoms with van der Waals surface area (Å²) >= 11 is 11.9. The number of rotatable bonds is 4. The van der Waals surface area contributed by atoms with Gasteiger partial charge in [0.05, 0.1) is 6.33 Å². The Morgan fingerprint density at radius 3 is 2.29 bits per heavy atom. The molecule has 2 aromatic carbocycles. The molecule has 0 aliphatic carbocycles. The second-order valence-electron chi connectivity index (χ2n) is 7.34. The van der Waals surface area contributed by atoms with Gasteiger partial charge in [-0.25, -0.2) is 9.78 Å². The summed E-state index contributed by atoms with van der Waals surface area (Å²) < 4.78 is 1.88. The monoisotopic (exact) mass is 457 g/mol. The molecule has 0 bridgehead atoms. The van der Waals surface area contributed by atoms with Crippen LogP contribution in [0, 0.1) is 0 Å². The summed E-state index contributed by atoms with van der Waals surface area (Å²) in [5.74, 6) is -0.00588. The zero-order valence-corrected chi connectivity index (χ0v) is 18.1. The van der Waals surface area contributed by atoms with E-state index in [9.17, 15) is 9.59 Å². The minimum atomic E-state index is -0.321. The molecule has 160 valence electrons. The lowest BCUT2D eigenvalue weighted by Gasteiger charge is -2.32. The molecule has 1 aliphatic rings. The fourth-order valence-corrected chi connectivity index (χ4v) is 4.10. The molecule has 7 nitrogen and oxygen atoms in total. The van der Waals surface area contributed by atoms with Gasteiger partial charge < -0.3 is 20.1 Å². The van der Waals surface area contributed by atoms with Gasteiger partial charge >= 0.3 is 6.03 Å². The molecular formula is C22H21Cl2N5O2. The standard InChI is InChI=1S/C22H21Cl2N5O2/c23-16-11-17(24)13-19(12-16)27-22(31)26-18-5-8-28(9-6-18)21(30)15-1-3-20(4-2-15)29-10-7-25-14-29/h1-4,7,10-14,18H,5-6,8-9H2,(H2,26,27,31). The molecule has 31 heavy (non-hydrogen) atoms. The molecule has 1 aromatic heterocycles. The fourth-order valence-electron chi connectivity index (χ4n) is 3.58. The number of nitrogens with one attached hydrogen (secondary N) is 2. The van der Waals surface area contributed by atoms with Crippen molar-refractivity contribution in [2.24, 2.45) is 0 Å². The SMILES string of the molecule is O=C(Nc1cc(Cl)cc(Cl)c1)NC1CCN(C(=O)c2ccc(-n3ccnc3)cc2)CC1. The van der Waals surface area contributed by atoms with Crippen LogP contribution in [0.15, 0.2) is 61.2 Å². The number of anilines is 1. The summed E-state index contributed by atoms with van der Waals surface area (Å²) in [6.07, 6.45) is 6.64. The largest absolute Gasteiger partial charge is 0.338 e. The lowest BCUT2D eigenvalue weighted by molar-refractivity contribution is 0.0709. The van der Waals surface area contributed by atoms with Gasteiger partial charge in [-0.15, -0.1) is 0 Å². The van der Waals surface area contributed by atoms with E-state index >= 15 is 0 Å². The van der Waals surface area contributed by atoms with Gasteiger partial charge in [0.2, 0.25) is 0 Å². The van der Waals surface area contributed by atoms with E-state index in [4.69, 9.17) is 23.2 Å². The first-order valence-electron chi connectivity index (χ1n) is 9.89. The fraction of sp³-hybridized carbons (Fsp3) is 0.227. The Morgan fingerprint density at radius 1 is 1.00 bits per heavy atom. The molecule has 1 aliphatic heterocycles. The zero-order chi connectivity index (χ0) is 21.8. The normalized spacial score (nSPS) is 14.3. The highest BCUT2D eigenvalue weighted by molar-refractivity contribution is 6.35. The van der Waals surface area contributed by atoms with E-state index in [1.54, 1.807) is 30.7 Å². The van der Waals surface area contributed by atoms with Crippen LogP contribution in [0.2, 0.25) is 10.0 Å². The molecule has 0 saturated carbocycles.